The normalized spacial score (nSPS) is 22.1. The van der Waals surface area contributed by atoms with Crippen LogP contribution in [0.25, 0.3) is 0 Å². The molecule has 2 atom stereocenters. The Kier molecular flexibility index (Phi) is 5.22. The molecule has 136 valence electrons. The molecule has 1 aromatic carbocycles. The number of pyridine rings is 1. The predicted octanol–water partition coefficient (Wildman–Crippen LogP) is 3.10. The molecule has 2 unspecified atom stereocenters. The number of amides is 1. The first-order chi connectivity index (χ1) is 12.7. The van der Waals surface area contributed by atoms with Crippen molar-refractivity contribution in [3.63, 3.8) is 0 Å². The van der Waals surface area contributed by atoms with Gasteiger partial charge >= 0.3 is 0 Å². The van der Waals surface area contributed by atoms with Crippen LogP contribution in [0.3, 0.4) is 0 Å². The lowest BCUT2D eigenvalue weighted by molar-refractivity contribution is -0.122. The Morgan fingerprint density at radius 2 is 2.12 bits per heavy atom. The van der Waals surface area contributed by atoms with Crippen LogP contribution in [0.15, 0.2) is 47.1 Å². The van der Waals surface area contributed by atoms with Gasteiger partial charge in [-0.25, -0.2) is 4.98 Å². The maximum Gasteiger partial charge on any atom is 0.224 e. The molecule has 0 bridgehead atoms. The molecule has 26 heavy (non-hydrogen) atoms. The Labute approximate surface area is 161 Å². The SMILES string of the molecule is O=C(NCc1cccnc1N1CCOCC1)C1CC1c1cccc(Br)c1. The highest BCUT2D eigenvalue weighted by molar-refractivity contribution is 9.10. The number of rotatable bonds is 5. The smallest absolute Gasteiger partial charge is 0.224 e. The monoisotopic (exact) mass is 415 g/mol. The maximum atomic E-state index is 12.6. The third kappa shape index (κ3) is 3.91. The molecule has 0 radical (unpaired) electrons. The molecule has 2 heterocycles. The van der Waals surface area contributed by atoms with Gasteiger partial charge in [-0.2, -0.15) is 0 Å². The lowest BCUT2D eigenvalue weighted by Gasteiger charge is -2.29. The van der Waals surface area contributed by atoms with Gasteiger partial charge < -0.3 is 15.0 Å². The third-order valence-electron chi connectivity index (χ3n) is 5.04. The van der Waals surface area contributed by atoms with Crippen LogP contribution in [0, 0.1) is 5.92 Å². The zero-order valence-electron chi connectivity index (χ0n) is 14.5. The van der Waals surface area contributed by atoms with E-state index < -0.39 is 0 Å². The molecule has 1 aliphatic carbocycles. The molecular weight excluding hydrogens is 394 g/mol. The molecule has 1 amide bonds. The molecule has 2 fully saturated rings. The summed E-state index contributed by atoms with van der Waals surface area (Å²) in [5.74, 6) is 1.50. The Bertz CT molecular complexity index is 792. The molecule has 6 heteroatoms. The highest BCUT2D eigenvalue weighted by Crippen LogP contribution is 2.48. The Morgan fingerprint density at radius 1 is 1.27 bits per heavy atom. The molecule has 1 N–H and O–H groups in total. The van der Waals surface area contributed by atoms with Crippen LogP contribution in [0.5, 0.6) is 0 Å². The van der Waals surface area contributed by atoms with Crippen molar-refractivity contribution >= 4 is 27.7 Å². The van der Waals surface area contributed by atoms with E-state index in [2.05, 4.69) is 43.3 Å². The van der Waals surface area contributed by atoms with E-state index in [0.717, 1.165) is 48.6 Å². The number of morpholine rings is 1. The van der Waals surface area contributed by atoms with Crippen LogP contribution in [0.1, 0.15) is 23.5 Å². The van der Waals surface area contributed by atoms with Gasteiger partial charge in [0, 0.05) is 41.8 Å². The fraction of sp³-hybridized carbons (Fsp3) is 0.400. The maximum absolute atomic E-state index is 12.6. The number of nitrogens with zero attached hydrogens (tertiary/aromatic N) is 2. The van der Waals surface area contributed by atoms with Crippen molar-refractivity contribution in [1.82, 2.24) is 10.3 Å². The highest BCUT2D eigenvalue weighted by Gasteiger charge is 2.43. The second kappa shape index (κ2) is 7.76. The van der Waals surface area contributed by atoms with E-state index in [1.807, 2.05) is 24.3 Å². The first-order valence-corrected chi connectivity index (χ1v) is 9.81. The van der Waals surface area contributed by atoms with E-state index in [-0.39, 0.29) is 11.8 Å². The largest absolute Gasteiger partial charge is 0.378 e. The summed E-state index contributed by atoms with van der Waals surface area (Å²) in [7, 11) is 0. The van der Waals surface area contributed by atoms with Gasteiger partial charge in [-0.1, -0.05) is 34.1 Å². The Morgan fingerprint density at radius 3 is 2.92 bits per heavy atom. The number of aromatic nitrogens is 1. The van der Waals surface area contributed by atoms with Gasteiger partial charge in [0.05, 0.1) is 13.2 Å². The van der Waals surface area contributed by atoms with Crippen molar-refractivity contribution in [3.8, 4) is 0 Å². The summed E-state index contributed by atoms with van der Waals surface area (Å²) in [5, 5.41) is 3.11. The summed E-state index contributed by atoms with van der Waals surface area (Å²) in [6, 6.07) is 12.2. The number of hydrogen-bond acceptors (Lipinski definition) is 4. The van der Waals surface area contributed by atoms with E-state index in [4.69, 9.17) is 4.74 Å². The fourth-order valence-corrected chi connectivity index (χ4v) is 3.95. The van der Waals surface area contributed by atoms with Gasteiger partial charge in [-0.3, -0.25) is 4.79 Å². The number of ether oxygens (including phenoxy) is 1. The number of hydrogen-bond donors (Lipinski definition) is 1. The van der Waals surface area contributed by atoms with Crippen molar-refractivity contribution in [1.29, 1.82) is 0 Å². The molecule has 2 aliphatic rings. The van der Waals surface area contributed by atoms with Crippen molar-refractivity contribution in [2.45, 2.75) is 18.9 Å². The predicted molar refractivity (Wildman–Crippen MR) is 104 cm³/mol. The van der Waals surface area contributed by atoms with Crippen LogP contribution in [0.2, 0.25) is 0 Å². The minimum Gasteiger partial charge on any atom is -0.378 e. The van der Waals surface area contributed by atoms with Crippen LogP contribution in [-0.2, 0) is 16.1 Å². The Hall–Kier alpha value is -1.92. The van der Waals surface area contributed by atoms with Gasteiger partial charge in [0.1, 0.15) is 5.82 Å². The van der Waals surface area contributed by atoms with Crippen molar-refractivity contribution in [2.24, 2.45) is 5.92 Å². The number of carbonyl (C=O) groups excluding carboxylic acids is 1. The molecular formula is C20H22BrN3O2. The molecule has 0 spiro atoms. The summed E-state index contributed by atoms with van der Waals surface area (Å²) in [5.41, 5.74) is 2.29. The molecule has 1 aromatic heterocycles. The number of benzene rings is 1. The average molecular weight is 416 g/mol. The second-order valence-corrected chi connectivity index (χ2v) is 7.72. The highest BCUT2D eigenvalue weighted by atomic mass is 79.9. The van der Waals surface area contributed by atoms with Crippen LogP contribution < -0.4 is 10.2 Å². The van der Waals surface area contributed by atoms with Gasteiger partial charge in [-0.15, -0.1) is 0 Å². The van der Waals surface area contributed by atoms with Crippen LogP contribution in [-0.4, -0.2) is 37.2 Å². The van der Waals surface area contributed by atoms with Crippen molar-refractivity contribution in [3.05, 3.63) is 58.2 Å². The second-order valence-electron chi connectivity index (χ2n) is 6.81. The lowest BCUT2D eigenvalue weighted by Crippen LogP contribution is -2.38. The Balaban J connectivity index is 1.37. The molecule has 4 rings (SSSR count). The van der Waals surface area contributed by atoms with Crippen LogP contribution >= 0.6 is 15.9 Å². The quantitative estimate of drug-likeness (QED) is 0.814. The molecule has 1 aliphatic heterocycles. The number of carbonyl (C=O) groups is 1. The van der Waals surface area contributed by atoms with E-state index in [1.165, 1.54) is 5.56 Å². The average Bonchev–Trinajstić information content (AvgIpc) is 3.48. The number of anilines is 1. The van der Waals surface area contributed by atoms with Gasteiger partial charge in [0.2, 0.25) is 5.91 Å². The summed E-state index contributed by atoms with van der Waals surface area (Å²) in [6.45, 7) is 3.63. The zero-order valence-corrected chi connectivity index (χ0v) is 16.1. The molecule has 1 saturated heterocycles. The summed E-state index contributed by atoms with van der Waals surface area (Å²) in [6.07, 6.45) is 2.73. The van der Waals surface area contributed by atoms with E-state index in [9.17, 15) is 4.79 Å². The number of nitrogens with one attached hydrogen (secondary N) is 1. The minimum atomic E-state index is 0.0767. The van der Waals surface area contributed by atoms with Gasteiger partial charge in [0.15, 0.2) is 0 Å². The topological polar surface area (TPSA) is 54.5 Å². The van der Waals surface area contributed by atoms with Crippen LogP contribution in [0.4, 0.5) is 5.82 Å². The number of halogens is 1. The van der Waals surface area contributed by atoms with Gasteiger partial charge in [0.25, 0.3) is 0 Å². The standard InChI is InChI=1S/C20H22BrN3O2/c21-16-5-1-3-14(11-16)17-12-18(17)20(25)23-13-15-4-2-6-22-19(15)24-7-9-26-10-8-24/h1-6,11,17-18H,7-10,12-13H2,(H,23,25). The first-order valence-electron chi connectivity index (χ1n) is 9.02. The van der Waals surface area contributed by atoms with Crippen molar-refractivity contribution in [2.75, 3.05) is 31.2 Å². The summed E-state index contributed by atoms with van der Waals surface area (Å²) in [4.78, 5) is 19.3. The van der Waals surface area contributed by atoms with E-state index in [1.54, 1.807) is 6.20 Å². The molecule has 5 nitrogen and oxygen atoms in total. The first kappa shape index (κ1) is 17.5. The minimum absolute atomic E-state index is 0.0767. The summed E-state index contributed by atoms with van der Waals surface area (Å²) < 4.78 is 6.48. The lowest BCUT2D eigenvalue weighted by atomic mass is 10.1. The third-order valence-corrected chi connectivity index (χ3v) is 5.53. The van der Waals surface area contributed by atoms with Crippen molar-refractivity contribution < 1.29 is 9.53 Å². The fourth-order valence-electron chi connectivity index (χ4n) is 3.53. The zero-order chi connectivity index (χ0) is 17.9. The van der Waals surface area contributed by atoms with E-state index >= 15 is 0 Å². The van der Waals surface area contributed by atoms with E-state index in [0.29, 0.717) is 12.5 Å². The molecule has 1 saturated carbocycles. The summed E-state index contributed by atoms with van der Waals surface area (Å²) >= 11 is 3.50. The molecule has 2 aromatic rings. The van der Waals surface area contributed by atoms with Gasteiger partial charge in [-0.05, 0) is 36.1 Å².